The van der Waals surface area contributed by atoms with Gasteiger partial charge in [0.25, 0.3) is 0 Å². The average Bonchev–Trinajstić information content (AvgIpc) is 2.34. The third-order valence-corrected chi connectivity index (χ3v) is 2.58. The number of carbonyl (C=O) groups is 1. The normalized spacial score (nSPS) is 11.0. The van der Waals surface area contributed by atoms with Gasteiger partial charge in [-0.25, -0.2) is 4.79 Å². The lowest BCUT2D eigenvalue weighted by molar-refractivity contribution is 0.0301. The second kappa shape index (κ2) is 6.45. The van der Waals surface area contributed by atoms with Crippen molar-refractivity contribution in [3.05, 3.63) is 29.8 Å². The SMILES string of the molecule is COc1cccc(CCN(C)C(=O)OC(C)(C)C)c1. The zero-order valence-corrected chi connectivity index (χ0v) is 12.4. The molecule has 0 saturated carbocycles. The first-order valence-corrected chi connectivity index (χ1v) is 6.39. The average molecular weight is 265 g/mol. The van der Waals surface area contributed by atoms with Crippen LogP contribution in [0, 0.1) is 0 Å². The zero-order valence-electron chi connectivity index (χ0n) is 12.4. The summed E-state index contributed by atoms with van der Waals surface area (Å²) in [5, 5.41) is 0. The van der Waals surface area contributed by atoms with Crippen molar-refractivity contribution in [2.45, 2.75) is 32.8 Å². The van der Waals surface area contributed by atoms with Crippen LogP contribution in [-0.4, -0.2) is 37.3 Å². The van der Waals surface area contributed by atoms with Crippen molar-refractivity contribution >= 4 is 6.09 Å². The highest BCUT2D eigenvalue weighted by molar-refractivity contribution is 5.67. The number of hydrogen-bond donors (Lipinski definition) is 0. The van der Waals surface area contributed by atoms with E-state index in [1.165, 1.54) is 0 Å². The summed E-state index contributed by atoms with van der Waals surface area (Å²) in [6, 6.07) is 7.84. The van der Waals surface area contributed by atoms with Gasteiger partial charge >= 0.3 is 6.09 Å². The molecule has 1 amide bonds. The van der Waals surface area contributed by atoms with E-state index in [9.17, 15) is 4.79 Å². The number of carbonyl (C=O) groups excluding carboxylic acids is 1. The van der Waals surface area contributed by atoms with E-state index < -0.39 is 5.60 Å². The number of rotatable bonds is 4. The third kappa shape index (κ3) is 5.64. The van der Waals surface area contributed by atoms with Crippen LogP contribution >= 0.6 is 0 Å². The maximum Gasteiger partial charge on any atom is 0.410 e. The van der Waals surface area contributed by atoms with Gasteiger partial charge in [-0.3, -0.25) is 0 Å². The molecule has 0 unspecified atom stereocenters. The van der Waals surface area contributed by atoms with Crippen molar-refractivity contribution in [2.75, 3.05) is 20.7 Å². The summed E-state index contributed by atoms with van der Waals surface area (Å²) >= 11 is 0. The molecule has 0 atom stereocenters. The second-order valence-electron chi connectivity index (χ2n) is 5.50. The highest BCUT2D eigenvalue weighted by Crippen LogP contribution is 2.14. The van der Waals surface area contributed by atoms with Crippen LogP contribution in [0.4, 0.5) is 4.79 Å². The Bertz CT molecular complexity index is 424. The first-order valence-electron chi connectivity index (χ1n) is 6.39. The molecular formula is C15H23NO3. The van der Waals surface area contributed by atoms with Gasteiger partial charge < -0.3 is 14.4 Å². The Hall–Kier alpha value is -1.71. The molecule has 0 aliphatic carbocycles. The molecule has 0 saturated heterocycles. The Morgan fingerprint density at radius 3 is 2.58 bits per heavy atom. The van der Waals surface area contributed by atoms with Gasteiger partial charge in [0.05, 0.1) is 7.11 Å². The molecule has 4 heteroatoms. The molecule has 1 aromatic carbocycles. The van der Waals surface area contributed by atoms with Gasteiger partial charge in [-0.2, -0.15) is 0 Å². The van der Waals surface area contributed by atoms with Crippen LogP contribution < -0.4 is 4.74 Å². The molecule has 0 aliphatic heterocycles. The summed E-state index contributed by atoms with van der Waals surface area (Å²) in [4.78, 5) is 13.4. The Balaban J connectivity index is 2.49. The minimum absolute atomic E-state index is 0.296. The molecule has 1 rings (SSSR count). The summed E-state index contributed by atoms with van der Waals surface area (Å²) in [6.45, 7) is 6.20. The van der Waals surface area contributed by atoms with Crippen molar-refractivity contribution < 1.29 is 14.3 Å². The molecule has 0 N–H and O–H groups in total. The van der Waals surface area contributed by atoms with Crippen molar-refractivity contribution in [2.24, 2.45) is 0 Å². The minimum Gasteiger partial charge on any atom is -0.497 e. The molecule has 0 heterocycles. The summed E-state index contributed by atoms with van der Waals surface area (Å²) in [6.07, 6.45) is 0.475. The number of methoxy groups -OCH3 is 1. The Morgan fingerprint density at radius 2 is 2.00 bits per heavy atom. The number of benzene rings is 1. The summed E-state index contributed by atoms with van der Waals surface area (Å²) < 4.78 is 10.5. The minimum atomic E-state index is -0.457. The largest absolute Gasteiger partial charge is 0.497 e. The van der Waals surface area contributed by atoms with E-state index in [2.05, 4.69) is 0 Å². The van der Waals surface area contributed by atoms with Crippen LogP contribution in [0.5, 0.6) is 5.75 Å². The van der Waals surface area contributed by atoms with Crippen LogP contribution in [0.1, 0.15) is 26.3 Å². The highest BCUT2D eigenvalue weighted by atomic mass is 16.6. The van der Waals surface area contributed by atoms with Crippen molar-refractivity contribution in [1.29, 1.82) is 0 Å². The number of ether oxygens (including phenoxy) is 2. The fourth-order valence-corrected chi connectivity index (χ4v) is 1.56. The molecule has 0 bridgehead atoms. The van der Waals surface area contributed by atoms with E-state index in [-0.39, 0.29) is 6.09 Å². The molecule has 0 radical (unpaired) electrons. The fourth-order valence-electron chi connectivity index (χ4n) is 1.56. The second-order valence-corrected chi connectivity index (χ2v) is 5.50. The monoisotopic (exact) mass is 265 g/mol. The first-order chi connectivity index (χ1) is 8.81. The molecule has 106 valence electrons. The van der Waals surface area contributed by atoms with E-state index in [1.807, 2.05) is 45.0 Å². The Morgan fingerprint density at radius 1 is 1.32 bits per heavy atom. The molecule has 0 aromatic heterocycles. The maximum absolute atomic E-state index is 11.8. The molecular weight excluding hydrogens is 242 g/mol. The van der Waals surface area contributed by atoms with Gasteiger partial charge in [0.1, 0.15) is 11.4 Å². The number of amides is 1. The van der Waals surface area contributed by atoms with Crippen molar-refractivity contribution in [3.63, 3.8) is 0 Å². The highest BCUT2D eigenvalue weighted by Gasteiger charge is 2.19. The van der Waals surface area contributed by atoms with Crippen LogP contribution in [0.2, 0.25) is 0 Å². The van der Waals surface area contributed by atoms with Crippen LogP contribution in [-0.2, 0) is 11.2 Å². The van der Waals surface area contributed by atoms with Gasteiger partial charge in [-0.15, -0.1) is 0 Å². The van der Waals surface area contributed by atoms with Crippen LogP contribution in [0.3, 0.4) is 0 Å². The number of hydrogen-bond acceptors (Lipinski definition) is 3. The molecule has 0 aliphatic rings. The number of likely N-dealkylation sites (N-methyl/N-ethyl adjacent to an activating group) is 1. The lowest BCUT2D eigenvalue weighted by Crippen LogP contribution is -2.35. The van der Waals surface area contributed by atoms with E-state index >= 15 is 0 Å². The first kappa shape index (κ1) is 15.3. The summed E-state index contributed by atoms with van der Waals surface area (Å²) in [7, 11) is 3.39. The third-order valence-electron chi connectivity index (χ3n) is 2.58. The van der Waals surface area contributed by atoms with Crippen LogP contribution in [0.15, 0.2) is 24.3 Å². The molecule has 1 aromatic rings. The van der Waals surface area contributed by atoms with Crippen LogP contribution in [0.25, 0.3) is 0 Å². The Labute approximate surface area is 115 Å². The van der Waals surface area contributed by atoms with Crippen molar-refractivity contribution in [3.8, 4) is 5.75 Å². The van der Waals surface area contributed by atoms with Gasteiger partial charge in [-0.1, -0.05) is 12.1 Å². The van der Waals surface area contributed by atoms with Gasteiger partial charge in [0.2, 0.25) is 0 Å². The predicted molar refractivity (Wildman–Crippen MR) is 75.6 cm³/mol. The fraction of sp³-hybridized carbons (Fsp3) is 0.533. The van der Waals surface area contributed by atoms with Gasteiger partial charge in [-0.05, 0) is 44.9 Å². The van der Waals surface area contributed by atoms with E-state index in [4.69, 9.17) is 9.47 Å². The Kier molecular flexibility index (Phi) is 5.21. The van der Waals surface area contributed by atoms with Gasteiger partial charge in [0.15, 0.2) is 0 Å². The standard InChI is InChI=1S/C15H23NO3/c1-15(2,3)19-14(17)16(4)10-9-12-7-6-8-13(11-12)18-5/h6-8,11H,9-10H2,1-5H3. The van der Waals surface area contributed by atoms with E-state index in [0.717, 1.165) is 17.7 Å². The zero-order chi connectivity index (χ0) is 14.5. The molecule has 0 spiro atoms. The molecule has 19 heavy (non-hydrogen) atoms. The molecule has 0 fully saturated rings. The maximum atomic E-state index is 11.8. The topological polar surface area (TPSA) is 38.8 Å². The summed E-state index contributed by atoms with van der Waals surface area (Å²) in [5.74, 6) is 0.831. The number of nitrogens with zero attached hydrogens (tertiary/aromatic N) is 1. The smallest absolute Gasteiger partial charge is 0.410 e. The van der Waals surface area contributed by atoms with E-state index in [0.29, 0.717) is 6.54 Å². The van der Waals surface area contributed by atoms with Gasteiger partial charge in [0, 0.05) is 13.6 Å². The lowest BCUT2D eigenvalue weighted by atomic mass is 10.1. The molecule has 4 nitrogen and oxygen atoms in total. The lowest BCUT2D eigenvalue weighted by Gasteiger charge is -2.24. The predicted octanol–water partition coefficient (Wildman–Crippen LogP) is 3.10. The quantitative estimate of drug-likeness (QED) is 0.839. The van der Waals surface area contributed by atoms with Crippen molar-refractivity contribution in [1.82, 2.24) is 4.90 Å². The summed E-state index contributed by atoms with van der Waals surface area (Å²) in [5.41, 5.74) is 0.677. The van der Waals surface area contributed by atoms with E-state index in [1.54, 1.807) is 19.1 Å².